The molecule has 100 valence electrons. The van der Waals surface area contributed by atoms with Gasteiger partial charge in [0.25, 0.3) is 0 Å². The summed E-state index contributed by atoms with van der Waals surface area (Å²) in [5.74, 6) is 0.760. The summed E-state index contributed by atoms with van der Waals surface area (Å²) in [6.07, 6.45) is 5.54. The van der Waals surface area contributed by atoms with Crippen molar-refractivity contribution in [1.29, 1.82) is 0 Å². The van der Waals surface area contributed by atoms with Crippen molar-refractivity contribution in [2.45, 2.75) is 52.1 Å². The van der Waals surface area contributed by atoms with Gasteiger partial charge in [-0.1, -0.05) is 13.8 Å². The van der Waals surface area contributed by atoms with Crippen LogP contribution in [0, 0.1) is 5.92 Å². The van der Waals surface area contributed by atoms with Crippen molar-refractivity contribution in [3.8, 4) is 0 Å². The second-order valence-electron chi connectivity index (χ2n) is 5.51. The van der Waals surface area contributed by atoms with Crippen LogP contribution < -0.4 is 10.6 Å². The molecule has 0 saturated carbocycles. The molecule has 3 heteroatoms. The number of hydrogen-bond acceptors (Lipinski definition) is 3. The maximum absolute atomic E-state index is 6.00. The molecule has 2 rings (SSSR count). The number of piperidine rings is 1. The van der Waals surface area contributed by atoms with Crippen LogP contribution in [-0.4, -0.2) is 17.6 Å². The fourth-order valence-electron chi connectivity index (χ4n) is 2.70. The zero-order valence-electron chi connectivity index (χ0n) is 11.8. The molecule has 18 heavy (non-hydrogen) atoms. The summed E-state index contributed by atoms with van der Waals surface area (Å²) < 4.78 is 0. The SMILES string of the molecule is CCC(N)c1ccc(N2CCCC(C)C2C)cn1. The molecule has 0 amide bonds. The summed E-state index contributed by atoms with van der Waals surface area (Å²) in [5.41, 5.74) is 8.23. The molecule has 1 aliphatic heterocycles. The fourth-order valence-corrected chi connectivity index (χ4v) is 2.70. The first-order valence-corrected chi connectivity index (χ1v) is 7.11. The third kappa shape index (κ3) is 2.66. The van der Waals surface area contributed by atoms with E-state index in [0.717, 1.165) is 24.6 Å². The molecule has 2 heterocycles. The lowest BCUT2D eigenvalue weighted by molar-refractivity contribution is 0.363. The maximum Gasteiger partial charge on any atom is 0.0572 e. The number of rotatable bonds is 3. The van der Waals surface area contributed by atoms with Gasteiger partial charge < -0.3 is 10.6 Å². The van der Waals surface area contributed by atoms with E-state index < -0.39 is 0 Å². The average molecular weight is 247 g/mol. The molecule has 1 aliphatic rings. The number of aromatic nitrogens is 1. The van der Waals surface area contributed by atoms with Gasteiger partial charge in [0, 0.05) is 18.6 Å². The molecular formula is C15H25N3. The Labute approximate surface area is 110 Å². The summed E-state index contributed by atoms with van der Waals surface area (Å²) in [4.78, 5) is 6.99. The van der Waals surface area contributed by atoms with Crippen LogP contribution >= 0.6 is 0 Å². The first-order valence-electron chi connectivity index (χ1n) is 7.11. The number of nitrogens with two attached hydrogens (primary N) is 1. The molecule has 1 saturated heterocycles. The predicted molar refractivity (Wildman–Crippen MR) is 76.7 cm³/mol. The van der Waals surface area contributed by atoms with E-state index in [9.17, 15) is 0 Å². The standard InChI is InChI=1S/C15H25N3/c1-4-14(16)15-8-7-13(10-17-15)18-9-5-6-11(2)12(18)3/h7-8,10-12,14H,4-6,9,16H2,1-3H3. The van der Waals surface area contributed by atoms with E-state index in [1.54, 1.807) is 0 Å². The van der Waals surface area contributed by atoms with Crippen molar-refractivity contribution in [2.24, 2.45) is 11.7 Å². The zero-order valence-corrected chi connectivity index (χ0v) is 11.8. The third-order valence-electron chi connectivity index (χ3n) is 4.30. The van der Waals surface area contributed by atoms with Crippen molar-refractivity contribution in [3.63, 3.8) is 0 Å². The summed E-state index contributed by atoms with van der Waals surface area (Å²) in [5, 5.41) is 0. The highest BCUT2D eigenvalue weighted by Crippen LogP contribution is 2.28. The van der Waals surface area contributed by atoms with Crippen LogP contribution in [0.1, 0.15) is 51.8 Å². The Kier molecular flexibility index (Phi) is 4.23. The lowest BCUT2D eigenvalue weighted by Gasteiger charge is -2.39. The minimum Gasteiger partial charge on any atom is -0.367 e. The normalized spacial score (nSPS) is 26.1. The Morgan fingerprint density at radius 2 is 2.22 bits per heavy atom. The van der Waals surface area contributed by atoms with E-state index in [2.05, 4.69) is 42.8 Å². The van der Waals surface area contributed by atoms with Gasteiger partial charge in [0.15, 0.2) is 0 Å². The number of hydrogen-bond donors (Lipinski definition) is 1. The summed E-state index contributed by atoms with van der Waals surface area (Å²) in [6.45, 7) is 7.89. The van der Waals surface area contributed by atoms with Gasteiger partial charge in [0.1, 0.15) is 0 Å². The zero-order chi connectivity index (χ0) is 13.1. The molecule has 0 aromatic carbocycles. The third-order valence-corrected chi connectivity index (χ3v) is 4.30. The van der Waals surface area contributed by atoms with Crippen LogP contribution in [-0.2, 0) is 0 Å². The summed E-state index contributed by atoms with van der Waals surface area (Å²) in [7, 11) is 0. The monoisotopic (exact) mass is 247 g/mol. The highest BCUT2D eigenvalue weighted by Gasteiger charge is 2.24. The Hall–Kier alpha value is -1.09. The average Bonchev–Trinajstić information content (AvgIpc) is 2.41. The number of anilines is 1. The highest BCUT2D eigenvalue weighted by atomic mass is 15.2. The van der Waals surface area contributed by atoms with Gasteiger partial charge in [0.05, 0.1) is 17.6 Å². The van der Waals surface area contributed by atoms with Gasteiger partial charge in [-0.3, -0.25) is 4.98 Å². The molecule has 3 unspecified atom stereocenters. The molecule has 1 fully saturated rings. The molecule has 1 aromatic rings. The second kappa shape index (κ2) is 5.70. The van der Waals surface area contributed by atoms with E-state index in [1.807, 2.05) is 6.20 Å². The number of nitrogens with zero attached hydrogens (tertiary/aromatic N) is 2. The first-order chi connectivity index (χ1) is 8.63. The summed E-state index contributed by atoms with van der Waals surface area (Å²) >= 11 is 0. The van der Waals surface area contributed by atoms with Gasteiger partial charge in [-0.05, 0) is 44.2 Å². The van der Waals surface area contributed by atoms with Crippen LogP contribution in [0.3, 0.4) is 0 Å². The minimum atomic E-state index is 0.0664. The molecule has 0 spiro atoms. The smallest absolute Gasteiger partial charge is 0.0572 e. The largest absolute Gasteiger partial charge is 0.367 e. The molecule has 3 atom stereocenters. The molecule has 0 radical (unpaired) electrons. The van der Waals surface area contributed by atoms with Gasteiger partial charge in [-0.25, -0.2) is 0 Å². The molecule has 0 bridgehead atoms. The Morgan fingerprint density at radius 1 is 1.44 bits per heavy atom. The predicted octanol–water partition coefficient (Wildman–Crippen LogP) is 3.12. The highest BCUT2D eigenvalue weighted by molar-refractivity contribution is 5.46. The van der Waals surface area contributed by atoms with Crippen LogP contribution in [0.25, 0.3) is 0 Å². The van der Waals surface area contributed by atoms with E-state index in [-0.39, 0.29) is 6.04 Å². The minimum absolute atomic E-state index is 0.0664. The number of pyridine rings is 1. The van der Waals surface area contributed by atoms with E-state index >= 15 is 0 Å². The van der Waals surface area contributed by atoms with E-state index in [1.165, 1.54) is 18.5 Å². The van der Waals surface area contributed by atoms with Crippen molar-refractivity contribution >= 4 is 5.69 Å². The van der Waals surface area contributed by atoms with E-state index in [0.29, 0.717) is 6.04 Å². The van der Waals surface area contributed by atoms with Crippen molar-refractivity contribution in [3.05, 3.63) is 24.0 Å². The van der Waals surface area contributed by atoms with Gasteiger partial charge in [-0.2, -0.15) is 0 Å². The van der Waals surface area contributed by atoms with Crippen LogP contribution in [0.2, 0.25) is 0 Å². The quantitative estimate of drug-likeness (QED) is 0.892. The Morgan fingerprint density at radius 3 is 2.83 bits per heavy atom. The van der Waals surface area contributed by atoms with Crippen molar-refractivity contribution in [1.82, 2.24) is 4.98 Å². The van der Waals surface area contributed by atoms with Crippen molar-refractivity contribution in [2.75, 3.05) is 11.4 Å². The molecular weight excluding hydrogens is 222 g/mol. The van der Waals surface area contributed by atoms with Crippen LogP contribution in [0.15, 0.2) is 18.3 Å². The molecule has 3 nitrogen and oxygen atoms in total. The van der Waals surface area contributed by atoms with Crippen LogP contribution in [0.4, 0.5) is 5.69 Å². The maximum atomic E-state index is 6.00. The van der Waals surface area contributed by atoms with Gasteiger partial charge in [-0.15, -0.1) is 0 Å². The Bertz CT molecular complexity index is 374. The second-order valence-corrected chi connectivity index (χ2v) is 5.51. The lowest BCUT2D eigenvalue weighted by atomic mass is 9.92. The topological polar surface area (TPSA) is 42.1 Å². The van der Waals surface area contributed by atoms with Crippen molar-refractivity contribution < 1.29 is 0 Å². The molecule has 1 aromatic heterocycles. The van der Waals surface area contributed by atoms with E-state index in [4.69, 9.17) is 5.73 Å². The molecule has 0 aliphatic carbocycles. The van der Waals surface area contributed by atoms with Crippen LogP contribution in [0.5, 0.6) is 0 Å². The van der Waals surface area contributed by atoms with Gasteiger partial charge in [0.2, 0.25) is 0 Å². The fraction of sp³-hybridized carbons (Fsp3) is 0.667. The molecule has 2 N–H and O–H groups in total. The summed E-state index contributed by atoms with van der Waals surface area (Å²) in [6, 6.07) is 4.92. The van der Waals surface area contributed by atoms with Gasteiger partial charge >= 0.3 is 0 Å². The lowest BCUT2D eigenvalue weighted by Crippen LogP contribution is -2.42. The Balaban J connectivity index is 2.13. The first kappa shape index (κ1) is 13.3.